The second-order valence-electron chi connectivity index (χ2n) is 19.6. The molecule has 63 heavy (non-hydrogen) atoms. The van der Waals surface area contributed by atoms with Crippen LogP contribution in [0.4, 0.5) is 0 Å². The van der Waals surface area contributed by atoms with Crippen LogP contribution in [-0.4, -0.2) is 152 Å². The predicted octanol–water partition coefficient (Wildman–Crippen LogP) is 3.42. The van der Waals surface area contributed by atoms with E-state index in [1.165, 1.54) is 21.1 Å². The number of allylic oxidation sites excluding steroid dienone is 1. The van der Waals surface area contributed by atoms with Crippen molar-refractivity contribution in [1.82, 2.24) is 20.0 Å². The Morgan fingerprint density at radius 1 is 0.968 bits per heavy atom. The summed E-state index contributed by atoms with van der Waals surface area (Å²) in [6.45, 7) is 8.51. The van der Waals surface area contributed by atoms with Crippen molar-refractivity contribution in [3.05, 3.63) is 76.0 Å². The number of methoxy groups -OCH3 is 3. The number of carbonyl (C=O) groups is 4. The zero-order valence-electron chi connectivity index (χ0n) is 38.0. The molecule has 14 nitrogen and oxygen atoms in total. The first kappa shape index (κ1) is 43.9. The molecule has 3 aliphatic carbocycles. The molecule has 1 amide bonds. The summed E-state index contributed by atoms with van der Waals surface area (Å²) in [6.07, 6.45) is 9.96. The fourth-order valence-corrected chi connectivity index (χ4v) is 14.7. The van der Waals surface area contributed by atoms with Gasteiger partial charge in [0.15, 0.2) is 6.10 Å². The van der Waals surface area contributed by atoms with Crippen LogP contribution < -0.4 is 5.32 Å². The molecule has 3 N–H and O–H groups in total. The normalized spacial score (nSPS) is 39.8. The summed E-state index contributed by atoms with van der Waals surface area (Å²) in [5, 5.41) is 28.3. The zero-order valence-corrected chi connectivity index (χ0v) is 38.0. The van der Waals surface area contributed by atoms with Crippen LogP contribution in [0, 0.1) is 28.1 Å². The average Bonchev–Trinajstić information content (AvgIpc) is 3.94. The number of carbonyl (C=O) groups excluding carboxylic acids is 4. The van der Waals surface area contributed by atoms with E-state index in [0.29, 0.717) is 83.2 Å². The van der Waals surface area contributed by atoms with Gasteiger partial charge >= 0.3 is 17.9 Å². The molecule has 9 rings (SSSR count). The Hall–Kier alpha value is -4.34. The molecule has 0 aromatic heterocycles. The number of nitrogens with one attached hydrogen (secondary N) is 1. The highest BCUT2D eigenvalue weighted by Gasteiger charge is 2.81. The van der Waals surface area contributed by atoms with Crippen molar-refractivity contribution in [2.24, 2.45) is 28.1 Å². The van der Waals surface area contributed by atoms with Gasteiger partial charge in [0.2, 0.25) is 5.60 Å². The number of hydrogen-bond acceptors (Lipinski definition) is 13. The highest BCUT2D eigenvalue weighted by Crippen LogP contribution is 2.71. The SMILES string of the molecule is CC[C@]1(O)C[C@H]2CN(CCC3=C(Cc4ccc(C(=O)NC)cc43)[C@@](C(=O)OC)(C3C=C4C(=CC3OC)N(C)[C@H]3[C@@](O)(C(=O)OC)[C@H](OC(C)=O)[C@]5(CC)C=CCN6CC[C@]43[C@@H]65)C2)C1. The number of aliphatic hydroxyl groups is 2. The Labute approximate surface area is 370 Å². The molecule has 1 aromatic rings. The summed E-state index contributed by atoms with van der Waals surface area (Å²) in [4.78, 5) is 62.9. The molecular weight excluding hydrogens is 805 g/mol. The van der Waals surface area contributed by atoms with Crippen LogP contribution in [0.15, 0.2) is 59.3 Å². The third-order valence-corrected chi connectivity index (χ3v) is 16.9. The van der Waals surface area contributed by atoms with E-state index < -0.39 is 69.5 Å². The fourth-order valence-electron chi connectivity index (χ4n) is 14.7. The lowest BCUT2D eigenvalue weighted by molar-refractivity contribution is -0.243. The summed E-state index contributed by atoms with van der Waals surface area (Å²) >= 11 is 0. The van der Waals surface area contributed by atoms with E-state index in [1.807, 2.05) is 44.0 Å². The lowest BCUT2D eigenvalue weighted by Crippen LogP contribution is -2.79. The molecule has 340 valence electrons. The number of esters is 3. The highest BCUT2D eigenvalue weighted by molar-refractivity contribution is 5.97. The number of ether oxygens (including phenoxy) is 4. The summed E-state index contributed by atoms with van der Waals surface area (Å²) < 4.78 is 24.2. The molecule has 1 saturated carbocycles. The second kappa shape index (κ2) is 15.4. The monoisotopic (exact) mass is 868 g/mol. The van der Waals surface area contributed by atoms with Crippen molar-refractivity contribution in [1.29, 1.82) is 0 Å². The number of fused-ring (bicyclic) bond motifs is 5. The minimum atomic E-state index is -2.31. The Morgan fingerprint density at radius 2 is 1.73 bits per heavy atom. The molecule has 4 fully saturated rings. The Bertz CT molecular complexity index is 2250. The quantitative estimate of drug-likeness (QED) is 0.198. The molecule has 12 atom stereocenters. The number of rotatable bonds is 8. The number of amides is 1. The molecule has 3 saturated heterocycles. The molecule has 5 heterocycles. The van der Waals surface area contributed by atoms with E-state index in [4.69, 9.17) is 18.9 Å². The summed E-state index contributed by atoms with van der Waals surface area (Å²) in [6, 6.07) is 4.55. The molecule has 0 radical (unpaired) electrons. The van der Waals surface area contributed by atoms with Gasteiger partial charge in [-0.15, -0.1) is 0 Å². The van der Waals surface area contributed by atoms with Gasteiger partial charge in [-0.3, -0.25) is 24.2 Å². The van der Waals surface area contributed by atoms with Gasteiger partial charge in [0, 0.05) is 88.4 Å². The van der Waals surface area contributed by atoms with Gasteiger partial charge in [-0.25, -0.2) is 4.79 Å². The van der Waals surface area contributed by atoms with Crippen LogP contribution in [-0.2, 0) is 39.8 Å². The van der Waals surface area contributed by atoms with Crippen LogP contribution in [0.25, 0.3) is 5.57 Å². The average molecular weight is 869 g/mol. The number of piperidine rings is 1. The van der Waals surface area contributed by atoms with E-state index in [2.05, 4.69) is 39.4 Å². The number of hydrogen-bond donors (Lipinski definition) is 3. The van der Waals surface area contributed by atoms with Gasteiger partial charge in [0.25, 0.3) is 5.91 Å². The van der Waals surface area contributed by atoms with Gasteiger partial charge in [0.05, 0.1) is 37.4 Å². The highest BCUT2D eigenvalue weighted by atomic mass is 16.6. The number of benzene rings is 1. The van der Waals surface area contributed by atoms with Crippen LogP contribution in [0.5, 0.6) is 0 Å². The third-order valence-electron chi connectivity index (χ3n) is 16.9. The van der Waals surface area contributed by atoms with Gasteiger partial charge < -0.3 is 39.4 Å². The van der Waals surface area contributed by atoms with Gasteiger partial charge in [0.1, 0.15) is 0 Å². The number of likely N-dealkylation sites (N-methyl/N-ethyl adjacent to an activating group) is 1. The van der Waals surface area contributed by atoms with Gasteiger partial charge in [-0.05, 0) is 103 Å². The second-order valence-corrected chi connectivity index (χ2v) is 19.6. The predicted molar refractivity (Wildman–Crippen MR) is 233 cm³/mol. The van der Waals surface area contributed by atoms with E-state index in [-0.39, 0.29) is 17.9 Å². The van der Waals surface area contributed by atoms with Crippen molar-refractivity contribution in [2.75, 3.05) is 68.1 Å². The standard InChI is InChI=1S/C49H64N4O10/c1-9-45(58)24-29-25-48(43(56)61-7,34-21-30-12-13-31(39(55)50-4)20-33(30)32(34)14-18-52(26-29)27-45)36-22-35-37(23-38(36)60-6)51(5)41-47(35)16-19-53-17-11-15-46(10-2,40(47)53)42(63-28(3)54)49(41,59)44(57)62-8/h11-13,15,20,22-23,29,36,38,40-42,58-59H,9-10,14,16-19,21,24-27H2,1-8H3,(H,50,55)/t29-,36?,38?,40+,41-,42-,45+,46-,47-,48-,49+/m1/s1. The lowest BCUT2D eigenvalue weighted by atomic mass is 9.47. The number of nitrogens with zero attached hydrogens (tertiary/aromatic N) is 3. The topological polar surface area (TPSA) is 167 Å². The lowest BCUT2D eigenvalue weighted by Gasteiger charge is -2.63. The maximum atomic E-state index is 15.6. The van der Waals surface area contributed by atoms with Crippen LogP contribution >= 0.6 is 0 Å². The summed E-state index contributed by atoms with van der Waals surface area (Å²) in [7, 11) is 7.84. The summed E-state index contributed by atoms with van der Waals surface area (Å²) in [5.41, 5.74) is -0.339. The molecule has 1 spiro atoms. The number of likely N-dealkylation sites (tertiary alicyclic amines) is 1. The van der Waals surface area contributed by atoms with E-state index in [0.717, 1.165) is 33.5 Å². The Morgan fingerprint density at radius 3 is 2.40 bits per heavy atom. The minimum absolute atomic E-state index is 0.0972. The Balaban J connectivity index is 1.32. The Kier molecular flexibility index (Phi) is 10.7. The van der Waals surface area contributed by atoms with Crippen molar-refractivity contribution in [3.63, 3.8) is 0 Å². The first-order valence-corrected chi connectivity index (χ1v) is 22.8. The first-order valence-electron chi connectivity index (χ1n) is 22.8. The molecule has 14 heteroatoms. The molecule has 5 aliphatic heterocycles. The summed E-state index contributed by atoms with van der Waals surface area (Å²) in [5.74, 6) is -2.82. The first-order chi connectivity index (χ1) is 30.1. The third kappa shape index (κ3) is 5.92. The van der Waals surface area contributed by atoms with Crippen LogP contribution in [0.2, 0.25) is 0 Å². The van der Waals surface area contributed by atoms with Gasteiger partial charge in [-0.1, -0.05) is 38.1 Å². The maximum absolute atomic E-state index is 15.6. The molecule has 1 aromatic carbocycles. The van der Waals surface area contributed by atoms with E-state index >= 15 is 4.79 Å². The molecule has 8 aliphatic rings. The molecule has 3 unspecified atom stereocenters. The van der Waals surface area contributed by atoms with Crippen LogP contribution in [0.1, 0.15) is 80.8 Å². The smallest absolute Gasteiger partial charge is 0.344 e. The maximum Gasteiger partial charge on any atom is 0.344 e. The molecular formula is C49H64N4O10. The van der Waals surface area contributed by atoms with Crippen molar-refractivity contribution < 1.29 is 48.3 Å². The minimum Gasteiger partial charge on any atom is -0.468 e. The van der Waals surface area contributed by atoms with Gasteiger partial charge in [-0.2, -0.15) is 0 Å². The fraction of sp³-hybridized carbons (Fsp3) is 0.633. The largest absolute Gasteiger partial charge is 0.468 e. The van der Waals surface area contributed by atoms with E-state index in [1.54, 1.807) is 14.2 Å². The van der Waals surface area contributed by atoms with Crippen molar-refractivity contribution in [2.45, 2.75) is 101 Å². The zero-order chi connectivity index (χ0) is 45.0. The van der Waals surface area contributed by atoms with Crippen molar-refractivity contribution in [3.8, 4) is 0 Å². The molecule has 2 bridgehead atoms. The van der Waals surface area contributed by atoms with Crippen molar-refractivity contribution >= 4 is 29.4 Å². The van der Waals surface area contributed by atoms with E-state index in [9.17, 15) is 24.6 Å². The van der Waals surface area contributed by atoms with Crippen LogP contribution in [0.3, 0.4) is 0 Å².